The molecule has 0 spiro atoms. The Balaban J connectivity index is 1.54. The Morgan fingerprint density at radius 2 is 1.56 bits per heavy atom. The number of hydrogen-bond donors (Lipinski definition) is 2. The predicted octanol–water partition coefficient (Wildman–Crippen LogP) is 4.96. The summed E-state index contributed by atoms with van der Waals surface area (Å²) in [5.74, 6) is 0.441. The van der Waals surface area contributed by atoms with Gasteiger partial charge in [0.25, 0.3) is 11.8 Å². The number of amides is 2. The van der Waals surface area contributed by atoms with Crippen LogP contribution in [0.1, 0.15) is 18.1 Å². The number of aryl methyl sites for hydroxylation is 1. The summed E-state index contributed by atoms with van der Waals surface area (Å²) < 4.78 is 10.9. The van der Waals surface area contributed by atoms with Gasteiger partial charge in [0.05, 0.1) is 6.61 Å². The minimum atomic E-state index is -0.483. The Labute approximate surface area is 198 Å². The molecule has 0 heterocycles. The van der Waals surface area contributed by atoms with Crippen LogP contribution in [0.3, 0.4) is 0 Å². The van der Waals surface area contributed by atoms with Crippen LogP contribution in [0.25, 0.3) is 6.08 Å². The summed E-state index contributed by atoms with van der Waals surface area (Å²) in [4.78, 5) is 24.6. The van der Waals surface area contributed by atoms with Gasteiger partial charge < -0.3 is 20.1 Å². The van der Waals surface area contributed by atoms with Crippen molar-refractivity contribution in [2.45, 2.75) is 13.8 Å². The van der Waals surface area contributed by atoms with E-state index in [-0.39, 0.29) is 18.1 Å². The van der Waals surface area contributed by atoms with Crippen molar-refractivity contribution in [3.8, 4) is 17.6 Å². The van der Waals surface area contributed by atoms with Crippen LogP contribution in [0.15, 0.2) is 78.4 Å². The summed E-state index contributed by atoms with van der Waals surface area (Å²) in [6.45, 7) is 4.20. The zero-order chi connectivity index (χ0) is 24.3. The lowest BCUT2D eigenvalue weighted by atomic mass is 10.1. The molecule has 0 aromatic heterocycles. The molecule has 0 aliphatic rings. The van der Waals surface area contributed by atoms with Crippen molar-refractivity contribution in [3.63, 3.8) is 0 Å². The van der Waals surface area contributed by atoms with E-state index in [1.54, 1.807) is 54.6 Å². The van der Waals surface area contributed by atoms with Crippen molar-refractivity contribution in [2.75, 3.05) is 23.8 Å². The zero-order valence-electron chi connectivity index (χ0n) is 19.0. The average Bonchev–Trinajstić information content (AvgIpc) is 2.84. The van der Waals surface area contributed by atoms with Gasteiger partial charge in [0.2, 0.25) is 0 Å². The predicted molar refractivity (Wildman–Crippen MR) is 132 cm³/mol. The van der Waals surface area contributed by atoms with E-state index < -0.39 is 5.91 Å². The number of nitrogens with zero attached hydrogens (tertiary/aromatic N) is 1. The molecule has 7 heteroatoms. The fourth-order valence-electron chi connectivity index (χ4n) is 3.03. The number of nitrogens with one attached hydrogen (secondary N) is 2. The van der Waals surface area contributed by atoms with Gasteiger partial charge in [-0.3, -0.25) is 9.59 Å². The Hall–Kier alpha value is -4.57. The smallest absolute Gasteiger partial charge is 0.266 e. The maximum atomic E-state index is 12.5. The highest BCUT2D eigenvalue weighted by Crippen LogP contribution is 2.18. The number of carbonyl (C=O) groups is 2. The van der Waals surface area contributed by atoms with Crippen molar-refractivity contribution < 1.29 is 19.1 Å². The number of carbonyl (C=O) groups excluding carboxylic acids is 2. The van der Waals surface area contributed by atoms with Crippen LogP contribution in [0.2, 0.25) is 0 Å². The Kier molecular flexibility index (Phi) is 8.42. The molecule has 3 aromatic carbocycles. The number of hydrogen-bond acceptors (Lipinski definition) is 5. The summed E-state index contributed by atoms with van der Waals surface area (Å²) in [5.41, 5.74) is 2.84. The molecule has 7 nitrogen and oxygen atoms in total. The second-order valence-electron chi connectivity index (χ2n) is 7.30. The van der Waals surface area contributed by atoms with Crippen LogP contribution < -0.4 is 20.1 Å². The maximum Gasteiger partial charge on any atom is 0.266 e. The van der Waals surface area contributed by atoms with E-state index in [4.69, 9.17) is 9.47 Å². The summed E-state index contributed by atoms with van der Waals surface area (Å²) in [6, 6.07) is 23.1. The lowest BCUT2D eigenvalue weighted by Crippen LogP contribution is -2.20. The minimum absolute atomic E-state index is 0.0216. The topological polar surface area (TPSA) is 100 Å². The van der Waals surface area contributed by atoms with Crippen LogP contribution in [0.4, 0.5) is 11.4 Å². The van der Waals surface area contributed by atoms with E-state index in [0.717, 1.165) is 11.3 Å². The second kappa shape index (κ2) is 11.9. The van der Waals surface area contributed by atoms with Crippen LogP contribution in [-0.2, 0) is 9.59 Å². The van der Waals surface area contributed by atoms with Gasteiger partial charge >= 0.3 is 0 Å². The number of benzene rings is 3. The highest BCUT2D eigenvalue weighted by Gasteiger charge is 2.11. The summed E-state index contributed by atoms with van der Waals surface area (Å²) >= 11 is 0. The van der Waals surface area contributed by atoms with E-state index in [1.165, 1.54) is 6.08 Å². The molecule has 0 bridgehead atoms. The molecule has 0 unspecified atom stereocenters. The lowest BCUT2D eigenvalue weighted by Gasteiger charge is -2.09. The number of anilines is 2. The van der Waals surface area contributed by atoms with Crippen LogP contribution in [0.5, 0.6) is 11.5 Å². The van der Waals surface area contributed by atoms with Gasteiger partial charge in [-0.2, -0.15) is 5.26 Å². The fraction of sp³-hybridized carbons (Fsp3) is 0.148. The van der Waals surface area contributed by atoms with Gasteiger partial charge in [-0.25, -0.2) is 0 Å². The maximum absolute atomic E-state index is 12.5. The molecular weight excluding hydrogens is 430 g/mol. The molecule has 34 heavy (non-hydrogen) atoms. The van der Waals surface area contributed by atoms with Crippen molar-refractivity contribution >= 4 is 29.3 Å². The molecule has 3 aromatic rings. The first-order valence-electron chi connectivity index (χ1n) is 10.7. The fourth-order valence-corrected chi connectivity index (χ4v) is 3.03. The first-order valence-corrected chi connectivity index (χ1v) is 10.7. The van der Waals surface area contributed by atoms with E-state index in [0.29, 0.717) is 29.3 Å². The lowest BCUT2D eigenvalue weighted by molar-refractivity contribution is -0.118. The molecule has 0 saturated heterocycles. The number of para-hydroxylation sites is 1. The molecule has 2 amide bonds. The van der Waals surface area contributed by atoms with Crippen molar-refractivity contribution in [2.24, 2.45) is 0 Å². The van der Waals surface area contributed by atoms with Crippen molar-refractivity contribution in [3.05, 3.63) is 89.5 Å². The van der Waals surface area contributed by atoms with E-state index in [9.17, 15) is 14.9 Å². The first-order chi connectivity index (χ1) is 16.5. The number of nitriles is 1. The van der Waals surface area contributed by atoms with E-state index in [1.807, 2.05) is 38.1 Å². The third-order valence-electron chi connectivity index (χ3n) is 4.77. The van der Waals surface area contributed by atoms with Gasteiger partial charge in [-0.05, 0) is 73.5 Å². The normalized spacial score (nSPS) is 10.7. The third-order valence-corrected chi connectivity index (χ3v) is 4.77. The molecule has 0 aliphatic carbocycles. The molecule has 0 fully saturated rings. The van der Waals surface area contributed by atoms with Gasteiger partial charge in [0, 0.05) is 11.4 Å². The summed E-state index contributed by atoms with van der Waals surface area (Å²) in [7, 11) is 0. The van der Waals surface area contributed by atoms with E-state index in [2.05, 4.69) is 10.6 Å². The molecule has 0 radical (unpaired) electrons. The Morgan fingerprint density at radius 1 is 0.912 bits per heavy atom. The monoisotopic (exact) mass is 455 g/mol. The van der Waals surface area contributed by atoms with Gasteiger partial charge in [-0.15, -0.1) is 0 Å². The van der Waals surface area contributed by atoms with E-state index >= 15 is 0 Å². The second-order valence-corrected chi connectivity index (χ2v) is 7.30. The average molecular weight is 456 g/mol. The van der Waals surface area contributed by atoms with Gasteiger partial charge in [0.15, 0.2) is 6.61 Å². The van der Waals surface area contributed by atoms with Crippen molar-refractivity contribution in [1.82, 2.24) is 0 Å². The van der Waals surface area contributed by atoms with Crippen molar-refractivity contribution in [1.29, 1.82) is 5.26 Å². The minimum Gasteiger partial charge on any atom is -0.494 e. The summed E-state index contributed by atoms with van der Waals surface area (Å²) in [5, 5.41) is 14.9. The molecule has 0 aliphatic heterocycles. The van der Waals surface area contributed by atoms with Crippen LogP contribution in [-0.4, -0.2) is 25.0 Å². The highest BCUT2D eigenvalue weighted by atomic mass is 16.5. The molecule has 0 saturated carbocycles. The van der Waals surface area contributed by atoms with Crippen LogP contribution >= 0.6 is 0 Å². The quantitative estimate of drug-likeness (QED) is 0.351. The molecule has 2 N–H and O–H groups in total. The van der Waals surface area contributed by atoms with Gasteiger partial charge in [0.1, 0.15) is 23.1 Å². The molecule has 0 atom stereocenters. The number of ether oxygens (including phenoxy) is 2. The molecule has 172 valence electrons. The first kappa shape index (κ1) is 24.1. The Bertz CT molecular complexity index is 1210. The van der Waals surface area contributed by atoms with Gasteiger partial charge in [-0.1, -0.05) is 30.3 Å². The molecular formula is C27H25N3O4. The Morgan fingerprint density at radius 3 is 2.21 bits per heavy atom. The third kappa shape index (κ3) is 6.97. The SMILES string of the molecule is CCOc1ccc(NC(=O)COc2ccc(/C=C(\C#N)C(=O)Nc3ccccc3C)cc2)cc1. The largest absolute Gasteiger partial charge is 0.494 e. The standard InChI is InChI=1S/C27H25N3O4/c1-3-33-23-14-10-22(11-15-23)29-26(31)18-34-24-12-8-20(9-13-24)16-21(17-28)27(32)30-25-7-5-4-6-19(25)2/h4-16H,3,18H2,1-2H3,(H,29,31)(H,30,32)/b21-16+. The highest BCUT2D eigenvalue weighted by molar-refractivity contribution is 6.09. The molecule has 3 rings (SSSR count). The number of rotatable bonds is 9. The zero-order valence-corrected chi connectivity index (χ0v) is 19.0. The summed E-state index contributed by atoms with van der Waals surface area (Å²) in [6.07, 6.45) is 1.50. The van der Waals surface area contributed by atoms with Crippen LogP contribution in [0, 0.1) is 18.3 Å².